The minimum Gasteiger partial charge on any atom is -0.309 e. The van der Waals surface area contributed by atoms with Crippen molar-refractivity contribution in [1.82, 2.24) is 10.2 Å². The summed E-state index contributed by atoms with van der Waals surface area (Å²) in [5, 5.41) is 3.73. The fraction of sp³-hybridized carbons (Fsp3) is 0.667. The van der Waals surface area contributed by atoms with Crippen molar-refractivity contribution < 1.29 is 0 Å². The van der Waals surface area contributed by atoms with E-state index in [-0.39, 0.29) is 0 Å². The molecule has 2 heteroatoms. The summed E-state index contributed by atoms with van der Waals surface area (Å²) in [6.45, 7) is 14.8. The molecule has 2 nitrogen and oxygen atoms in total. The molecule has 2 unspecified atom stereocenters. The van der Waals surface area contributed by atoms with Gasteiger partial charge in [0.05, 0.1) is 0 Å². The van der Waals surface area contributed by atoms with Gasteiger partial charge in [0.1, 0.15) is 0 Å². The molecule has 0 radical (unpaired) electrons. The first-order chi connectivity index (χ1) is 9.60. The minimum atomic E-state index is 0.412. The SMILES string of the molecule is CCCNC(c1ccccc1)C(C)N(CC)CC(C)C. The zero-order valence-corrected chi connectivity index (χ0v) is 13.9. The van der Waals surface area contributed by atoms with Crippen molar-refractivity contribution in [3.8, 4) is 0 Å². The number of rotatable bonds is 9. The lowest BCUT2D eigenvalue weighted by Crippen LogP contribution is -2.44. The van der Waals surface area contributed by atoms with Crippen LogP contribution in [-0.2, 0) is 0 Å². The summed E-state index contributed by atoms with van der Waals surface area (Å²) in [5.74, 6) is 0.708. The van der Waals surface area contributed by atoms with Gasteiger partial charge in [-0.25, -0.2) is 0 Å². The molecule has 0 saturated carbocycles. The molecule has 0 spiro atoms. The van der Waals surface area contributed by atoms with E-state index in [1.165, 1.54) is 12.0 Å². The van der Waals surface area contributed by atoms with Gasteiger partial charge in [0.15, 0.2) is 0 Å². The van der Waals surface area contributed by atoms with Gasteiger partial charge in [0, 0.05) is 18.6 Å². The molecule has 0 aliphatic heterocycles. The summed E-state index contributed by atoms with van der Waals surface area (Å²) >= 11 is 0. The van der Waals surface area contributed by atoms with Gasteiger partial charge in [-0.15, -0.1) is 0 Å². The summed E-state index contributed by atoms with van der Waals surface area (Å²) in [5.41, 5.74) is 1.40. The highest BCUT2D eigenvalue weighted by molar-refractivity contribution is 5.20. The molecule has 1 rings (SSSR count). The molecule has 114 valence electrons. The van der Waals surface area contributed by atoms with E-state index in [0.29, 0.717) is 18.0 Å². The van der Waals surface area contributed by atoms with Crippen molar-refractivity contribution >= 4 is 0 Å². The smallest absolute Gasteiger partial charge is 0.0475 e. The van der Waals surface area contributed by atoms with Gasteiger partial charge in [-0.05, 0) is 37.9 Å². The first-order valence-corrected chi connectivity index (χ1v) is 8.12. The maximum atomic E-state index is 3.73. The number of benzene rings is 1. The second-order valence-electron chi connectivity index (χ2n) is 6.06. The van der Waals surface area contributed by atoms with E-state index in [1.54, 1.807) is 0 Å². The lowest BCUT2D eigenvalue weighted by molar-refractivity contribution is 0.159. The highest BCUT2D eigenvalue weighted by Crippen LogP contribution is 2.21. The second kappa shape index (κ2) is 9.15. The first-order valence-electron chi connectivity index (χ1n) is 8.12. The van der Waals surface area contributed by atoms with Gasteiger partial charge in [0.25, 0.3) is 0 Å². The Morgan fingerprint density at radius 3 is 2.20 bits per heavy atom. The van der Waals surface area contributed by atoms with Crippen LogP contribution in [0.15, 0.2) is 30.3 Å². The van der Waals surface area contributed by atoms with Gasteiger partial charge in [-0.2, -0.15) is 0 Å². The third-order valence-corrected chi connectivity index (χ3v) is 3.84. The average molecular weight is 276 g/mol. The molecule has 1 aromatic rings. The molecule has 1 aromatic carbocycles. The average Bonchev–Trinajstić information content (AvgIpc) is 2.45. The van der Waals surface area contributed by atoms with Crippen LogP contribution >= 0.6 is 0 Å². The van der Waals surface area contributed by atoms with Crippen molar-refractivity contribution in [2.75, 3.05) is 19.6 Å². The maximum absolute atomic E-state index is 3.73. The molecule has 0 aliphatic rings. The monoisotopic (exact) mass is 276 g/mol. The van der Waals surface area contributed by atoms with Crippen LogP contribution in [0, 0.1) is 5.92 Å². The number of likely N-dealkylation sites (N-methyl/N-ethyl adjacent to an activating group) is 1. The van der Waals surface area contributed by atoms with Crippen LogP contribution in [-0.4, -0.2) is 30.6 Å². The minimum absolute atomic E-state index is 0.412. The number of hydrogen-bond acceptors (Lipinski definition) is 2. The number of nitrogens with zero attached hydrogens (tertiary/aromatic N) is 1. The predicted molar refractivity (Wildman–Crippen MR) is 89.0 cm³/mol. The Hall–Kier alpha value is -0.860. The molecule has 0 bridgehead atoms. The van der Waals surface area contributed by atoms with Crippen LogP contribution in [0.5, 0.6) is 0 Å². The van der Waals surface area contributed by atoms with E-state index in [4.69, 9.17) is 0 Å². The third-order valence-electron chi connectivity index (χ3n) is 3.84. The van der Waals surface area contributed by atoms with Gasteiger partial charge in [-0.1, -0.05) is 58.0 Å². The van der Waals surface area contributed by atoms with Gasteiger partial charge in [0.2, 0.25) is 0 Å². The van der Waals surface area contributed by atoms with E-state index in [9.17, 15) is 0 Å². The molecule has 0 amide bonds. The standard InChI is InChI=1S/C18H32N2/c1-6-13-19-18(17-11-9-8-10-12-17)16(5)20(7-2)14-15(3)4/h8-12,15-16,18-19H,6-7,13-14H2,1-5H3. The highest BCUT2D eigenvalue weighted by atomic mass is 15.2. The fourth-order valence-corrected chi connectivity index (χ4v) is 2.79. The van der Waals surface area contributed by atoms with Crippen LogP contribution in [0.1, 0.15) is 52.6 Å². The van der Waals surface area contributed by atoms with Crippen molar-refractivity contribution in [3.05, 3.63) is 35.9 Å². The van der Waals surface area contributed by atoms with Crippen molar-refractivity contribution in [1.29, 1.82) is 0 Å². The van der Waals surface area contributed by atoms with Crippen molar-refractivity contribution in [3.63, 3.8) is 0 Å². The zero-order valence-electron chi connectivity index (χ0n) is 13.9. The van der Waals surface area contributed by atoms with Crippen LogP contribution in [0.3, 0.4) is 0 Å². The summed E-state index contributed by atoms with van der Waals surface area (Å²) in [7, 11) is 0. The van der Waals surface area contributed by atoms with Gasteiger partial charge in [-0.3, -0.25) is 4.90 Å². The van der Waals surface area contributed by atoms with Crippen molar-refractivity contribution in [2.24, 2.45) is 5.92 Å². The molecular weight excluding hydrogens is 244 g/mol. The molecule has 1 N–H and O–H groups in total. The Morgan fingerprint density at radius 2 is 1.70 bits per heavy atom. The van der Waals surface area contributed by atoms with E-state index in [0.717, 1.165) is 19.6 Å². The Kier molecular flexibility index (Phi) is 7.86. The first kappa shape index (κ1) is 17.2. The quantitative estimate of drug-likeness (QED) is 0.730. The van der Waals surface area contributed by atoms with E-state index in [2.05, 4.69) is 75.2 Å². The molecule has 2 atom stereocenters. The van der Waals surface area contributed by atoms with E-state index >= 15 is 0 Å². The Labute approximate surface area is 125 Å². The van der Waals surface area contributed by atoms with Crippen LogP contribution in [0.4, 0.5) is 0 Å². The Morgan fingerprint density at radius 1 is 1.05 bits per heavy atom. The van der Waals surface area contributed by atoms with Crippen LogP contribution in [0.2, 0.25) is 0 Å². The molecular formula is C18H32N2. The normalized spacial score (nSPS) is 14.8. The molecule has 0 saturated heterocycles. The van der Waals surface area contributed by atoms with Crippen molar-refractivity contribution in [2.45, 2.75) is 53.1 Å². The van der Waals surface area contributed by atoms with E-state index in [1.807, 2.05) is 0 Å². The zero-order chi connectivity index (χ0) is 15.0. The second-order valence-corrected chi connectivity index (χ2v) is 6.06. The van der Waals surface area contributed by atoms with E-state index < -0.39 is 0 Å². The summed E-state index contributed by atoms with van der Waals surface area (Å²) in [4.78, 5) is 2.59. The highest BCUT2D eigenvalue weighted by Gasteiger charge is 2.23. The lowest BCUT2D eigenvalue weighted by Gasteiger charge is -2.36. The molecule has 0 heterocycles. The largest absolute Gasteiger partial charge is 0.309 e. The van der Waals surface area contributed by atoms with Gasteiger partial charge >= 0.3 is 0 Å². The summed E-state index contributed by atoms with van der Waals surface area (Å²) < 4.78 is 0. The topological polar surface area (TPSA) is 15.3 Å². The lowest BCUT2D eigenvalue weighted by atomic mass is 9.98. The molecule has 20 heavy (non-hydrogen) atoms. The van der Waals surface area contributed by atoms with Crippen LogP contribution in [0.25, 0.3) is 0 Å². The number of hydrogen-bond donors (Lipinski definition) is 1. The van der Waals surface area contributed by atoms with Crippen LogP contribution < -0.4 is 5.32 Å². The third kappa shape index (κ3) is 5.26. The maximum Gasteiger partial charge on any atom is 0.0475 e. The number of nitrogens with one attached hydrogen (secondary N) is 1. The van der Waals surface area contributed by atoms with Gasteiger partial charge < -0.3 is 5.32 Å². The Bertz CT molecular complexity index is 348. The molecule has 0 aliphatic carbocycles. The summed E-state index contributed by atoms with van der Waals surface area (Å²) in [6, 6.07) is 11.8. The molecule has 0 aromatic heterocycles. The molecule has 0 fully saturated rings. The summed E-state index contributed by atoms with van der Waals surface area (Å²) in [6.07, 6.45) is 1.17. The fourth-order valence-electron chi connectivity index (χ4n) is 2.79. The Balaban J connectivity index is 2.85. The predicted octanol–water partition coefficient (Wildman–Crippen LogP) is 4.09.